The molecule has 0 bridgehead atoms. The van der Waals surface area contributed by atoms with Gasteiger partial charge in [-0.3, -0.25) is 14.5 Å². The molecule has 1 aliphatic heterocycles. The second kappa shape index (κ2) is 7.87. The van der Waals surface area contributed by atoms with Crippen molar-refractivity contribution in [2.24, 2.45) is 10.9 Å². The number of sulfonamides is 1. The minimum atomic E-state index is -3.73. The van der Waals surface area contributed by atoms with E-state index in [0.29, 0.717) is 42.1 Å². The lowest BCUT2D eigenvalue weighted by molar-refractivity contribution is -0.111. The number of furan rings is 1. The molecule has 2 atom stereocenters. The quantitative estimate of drug-likeness (QED) is 0.708. The van der Waals surface area contributed by atoms with E-state index >= 15 is 0 Å². The highest BCUT2D eigenvalue weighted by molar-refractivity contribution is 7.90. The lowest BCUT2D eigenvalue weighted by Gasteiger charge is -2.09. The maximum absolute atomic E-state index is 12.5. The summed E-state index contributed by atoms with van der Waals surface area (Å²) in [4.78, 5) is 16.4. The van der Waals surface area contributed by atoms with Gasteiger partial charge < -0.3 is 9.73 Å². The fourth-order valence-electron chi connectivity index (χ4n) is 3.30. The van der Waals surface area contributed by atoms with Gasteiger partial charge in [-0.1, -0.05) is 13.0 Å². The smallest absolute Gasteiger partial charge is 0.262 e. The van der Waals surface area contributed by atoms with Crippen molar-refractivity contribution in [2.75, 3.05) is 11.9 Å². The van der Waals surface area contributed by atoms with Gasteiger partial charge >= 0.3 is 0 Å². The van der Waals surface area contributed by atoms with Gasteiger partial charge in [0.05, 0.1) is 4.90 Å². The molecule has 1 aromatic carbocycles. The lowest BCUT2D eigenvalue weighted by atomic mass is 10.3. The van der Waals surface area contributed by atoms with Gasteiger partial charge in [-0.2, -0.15) is 0 Å². The summed E-state index contributed by atoms with van der Waals surface area (Å²) in [6, 6.07) is 9.91. The second-order valence-electron chi connectivity index (χ2n) is 7.45. The van der Waals surface area contributed by atoms with Gasteiger partial charge in [0.2, 0.25) is 5.91 Å². The number of amidine groups is 1. The van der Waals surface area contributed by atoms with Gasteiger partial charge in [-0.05, 0) is 55.2 Å². The molecule has 2 heterocycles. The van der Waals surface area contributed by atoms with E-state index < -0.39 is 10.0 Å². The van der Waals surface area contributed by atoms with Crippen LogP contribution in [0.15, 0.2) is 56.8 Å². The van der Waals surface area contributed by atoms with Crippen molar-refractivity contribution in [1.29, 1.82) is 0 Å². The summed E-state index contributed by atoms with van der Waals surface area (Å²) < 4.78 is 33.2. The molecule has 1 saturated carbocycles. The molecule has 0 radical (unpaired) electrons. The van der Waals surface area contributed by atoms with Crippen molar-refractivity contribution in [3.8, 4) is 0 Å². The van der Waals surface area contributed by atoms with Crippen LogP contribution in [0.25, 0.3) is 6.08 Å². The highest BCUT2D eigenvalue weighted by Gasteiger charge is 2.36. The van der Waals surface area contributed by atoms with Crippen LogP contribution in [0.1, 0.15) is 43.6 Å². The number of hydrogen-bond donors (Lipinski definition) is 2. The zero-order valence-corrected chi connectivity index (χ0v) is 16.9. The standard InChI is InChI=1S/C21H23N3O4S/c1-14-12-18(14)19-9-7-16(28-19)8-10-21(25)23-15-4-2-5-17(13-15)29(26,27)24-20-6-3-11-22-20/h2,4-5,7-10,13-14,18H,3,6,11-12H2,1H3,(H,22,24)(H,23,25)/b10-8+. The summed E-state index contributed by atoms with van der Waals surface area (Å²) in [5.74, 6) is 2.81. The topological polar surface area (TPSA) is 101 Å². The molecule has 2 aromatic rings. The van der Waals surface area contributed by atoms with Gasteiger partial charge in [0, 0.05) is 30.6 Å². The number of hydrogen-bond acceptors (Lipinski definition) is 5. The summed E-state index contributed by atoms with van der Waals surface area (Å²) in [5, 5.41) is 2.68. The van der Waals surface area contributed by atoms with E-state index in [2.05, 4.69) is 22.0 Å². The molecule has 1 amide bonds. The molecule has 29 heavy (non-hydrogen) atoms. The van der Waals surface area contributed by atoms with Crippen molar-refractivity contribution in [3.05, 3.63) is 54.0 Å². The fourth-order valence-corrected chi connectivity index (χ4v) is 4.43. The summed E-state index contributed by atoms with van der Waals surface area (Å²) in [6.07, 6.45) is 5.57. The molecule has 8 heteroatoms. The maximum Gasteiger partial charge on any atom is 0.262 e. The third-order valence-corrected chi connectivity index (χ3v) is 6.44. The SMILES string of the molecule is CC1CC1c1ccc(/C=C/C(=O)Nc2cccc(S(=O)(=O)NC3=NCCC3)c2)o1. The Hall–Kier alpha value is -2.87. The van der Waals surface area contributed by atoms with Gasteiger partial charge in [-0.15, -0.1) is 0 Å². The van der Waals surface area contributed by atoms with Crippen LogP contribution in [0.3, 0.4) is 0 Å². The van der Waals surface area contributed by atoms with E-state index in [1.165, 1.54) is 18.2 Å². The van der Waals surface area contributed by atoms with Crippen LogP contribution >= 0.6 is 0 Å². The van der Waals surface area contributed by atoms with Crippen molar-refractivity contribution >= 4 is 33.5 Å². The number of carbonyl (C=O) groups is 1. The number of nitrogens with zero attached hydrogens (tertiary/aromatic N) is 1. The Labute approximate surface area is 170 Å². The maximum atomic E-state index is 12.5. The molecular formula is C21H23N3O4S. The van der Waals surface area contributed by atoms with Crippen LogP contribution in [0.4, 0.5) is 5.69 Å². The third-order valence-electron chi connectivity index (χ3n) is 5.06. The molecule has 2 unspecified atom stereocenters. The molecular weight excluding hydrogens is 390 g/mol. The van der Waals surface area contributed by atoms with E-state index in [1.807, 2.05) is 12.1 Å². The van der Waals surface area contributed by atoms with Crippen molar-refractivity contribution in [3.63, 3.8) is 0 Å². The highest BCUT2D eigenvalue weighted by atomic mass is 32.2. The number of nitrogens with one attached hydrogen (secondary N) is 2. The first-order valence-electron chi connectivity index (χ1n) is 9.66. The van der Waals surface area contributed by atoms with Crippen LogP contribution in [0.5, 0.6) is 0 Å². The lowest BCUT2D eigenvalue weighted by Crippen LogP contribution is -2.29. The van der Waals surface area contributed by atoms with Crippen LogP contribution in [-0.2, 0) is 14.8 Å². The van der Waals surface area contributed by atoms with Gasteiger partial charge in [0.1, 0.15) is 17.4 Å². The van der Waals surface area contributed by atoms with Crippen molar-refractivity contribution in [2.45, 2.75) is 37.0 Å². The van der Waals surface area contributed by atoms with Crippen LogP contribution in [-0.4, -0.2) is 26.7 Å². The summed E-state index contributed by atoms with van der Waals surface area (Å²) in [7, 11) is -3.73. The molecule has 0 saturated heterocycles. The van der Waals surface area contributed by atoms with Gasteiger partial charge in [-0.25, -0.2) is 8.42 Å². The second-order valence-corrected chi connectivity index (χ2v) is 9.13. The predicted molar refractivity (Wildman–Crippen MR) is 111 cm³/mol. The molecule has 0 spiro atoms. The largest absolute Gasteiger partial charge is 0.461 e. The molecule has 7 nitrogen and oxygen atoms in total. The predicted octanol–water partition coefficient (Wildman–Crippen LogP) is 3.53. The van der Waals surface area contributed by atoms with Gasteiger partial charge in [0.25, 0.3) is 10.0 Å². The van der Waals surface area contributed by atoms with E-state index in [1.54, 1.807) is 18.2 Å². The number of amides is 1. The molecule has 1 aromatic heterocycles. The minimum absolute atomic E-state index is 0.0723. The highest BCUT2D eigenvalue weighted by Crippen LogP contribution is 2.47. The molecule has 1 fully saturated rings. The Kier molecular flexibility index (Phi) is 5.27. The minimum Gasteiger partial charge on any atom is -0.461 e. The summed E-state index contributed by atoms with van der Waals surface area (Å²) >= 11 is 0. The number of rotatable bonds is 6. The van der Waals surface area contributed by atoms with E-state index in [4.69, 9.17) is 4.42 Å². The van der Waals surface area contributed by atoms with Gasteiger partial charge in [0.15, 0.2) is 0 Å². The number of aliphatic imine (C=N–C) groups is 1. The third kappa shape index (κ3) is 4.76. The van der Waals surface area contributed by atoms with Crippen molar-refractivity contribution in [1.82, 2.24) is 4.72 Å². The number of anilines is 1. The summed E-state index contributed by atoms with van der Waals surface area (Å²) in [6.45, 7) is 2.82. The van der Waals surface area contributed by atoms with E-state index in [-0.39, 0.29) is 10.8 Å². The monoisotopic (exact) mass is 413 g/mol. The first-order chi connectivity index (χ1) is 13.9. The molecule has 4 rings (SSSR count). The zero-order valence-electron chi connectivity index (χ0n) is 16.1. The molecule has 152 valence electrons. The Morgan fingerprint density at radius 2 is 2.10 bits per heavy atom. The Morgan fingerprint density at radius 3 is 2.83 bits per heavy atom. The van der Waals surface area contributed by atoms with Crippen LogP contribution in [0, 0.1) is 5.92 Å². The Bertz CT molecular complexity index is 1080. The average molecular weight is 413 g/mol. The zero-order chi connectivity index (χ0) is 20.4. The molecule has 2 aliphatic rings. The van der Waals surface area contributed by atoms with Crippen LogP contribution < -0.4 is 10.0 Å². The number of carbonyl (C=O) groups excluding carboxylic acids is 1. The number of benzene rings is 1. The average Bonchev–Trinajstić information content (AvgIpc) is 3.08. The Morgan fingerprint density at radius 1 is 1.28 bits per heavy atom. The van der Waals surface area contributed by atoms with E-state index in [9.17, 15) is 13.2 Å². The Balaban J connectivity index is 1.39. The fraction of sp³-hybridized carbons (Fsp3) is 0.333. The first kappa shape index (κ1) is 19.4. The molecule has 1 aliphatic carbocycles. The first-order valence-corrected chi connectivity index (χ1v) is 11.1. The summed E-state index contributed by atoms with van der Waals surface area (Å²) in [5.41, 5.74) is 0.392. The molecule has 2 N–H and O–H groups in total. The van der Waals surface area contributed by atoms with Crippen LogP contribution in [0.2, 0.25) is 0 Å². The van der Waals surface area contributed by atoms with Crippen molar-refractivity contribution < 1.29 is 17.6 Å². The van der Waals surface area contributed by atoms with E-state index in [0.717, 1.165) is 18.6 Å². The normalized spacial score (nSPS) is 21.2.